The van der Waals surface area contributed by atoms with E-state index in [0.29, 0.717) is 28.6 Å². The monoisotopic (exact) mass is 440 g/mol. The summed E-state index contributed by atoms with van der Waals surface area (Å²) in [5, 5.41) is 3.45. The summed E-state index contributed by atoms with van der Waals surface area (Å²) in [7, 11) is 0. The fraction of sp³-hybridized carbons (Fsp3) is 0.130. The Bertz CT molecular complexity index is 1100. The number of nitrogens with zero attached hydrogens (tertiary/aromatic N) is 1. The summed E-state index contributed by atoms with van der Waals surface area (Å²) >= 11 is 7.54. The third-order valence-corrected chi connectivity index (χ3v) is 6.04. The molecule has 2 amide bonds. The quantitative estimate of drug-likeness (QED) is 0.604. The molecule has 1 N–H and O–H groups in total. The molecule has 0 spiro atoms. The first-order valence-corrected chi connectivity index (χ1v) is 10.7. The maximum Gasteiger partial charge on any atom is 0.251 e. The second-order valence-electron chi connectivity index (χ2n) is 6.89. The predicted molar refractivity (Wildman–Crippen MR) is 117 cm³/mol. The van der Waals surface area contributed by atoms with Gasteiger partial charge in [-0.3, -0.25) is 9.59 Å². The van der Waals surface area contributed by atoms with Crippen molar-refractivity contribution in [1.29, 1.82) is 0 Å². The van der Waals surface area contributed by atoms with Gasteiger partial charge in [-0.05, 0) is 53.6 Å². The van der Waals surface area contributed by atoms with Crippen molar-refractivity contribution in [2.24, 2.45) is 0 Å². The van der Waals surface area contributed by atoms with Crippen LogP contribution in [-0.4, -0.2) is 17.6 Å². The van der Waals surface area contributed by atoms with E-state index in [1.807, 2.05) is 24.3 Å². The van der Waals surface area contributed by atoms with Gasteiger partial charge in [0.15, 0.2) is 0 Å². The van der Waals surface area contributed by atoms with E-state index < -0.39 is 0 Å². The molecule has 3 aromatic rings. The predicted octanol–water partition coefficient (Wildman–Crippen LogP) is 5.05. The van der Waals surface area contributed by atoms with E-state index in [1.54, 1.807) is 35.2 Å². The molecule has 0 bridgehead atoms. The van der Waals surface area contributed by atoms with E-state index in [1.165, 1.54) is 23.9 Å². The molecule has 4 rings (SSSR count). The summed E-state index contributed by atoms with van der Waals surface area (Å²) in [6.07, 6.45) is 0. The van der Waals surface area contributed by atoms with Crippen LogP contribution < -0.4 is 10.2 Å². The number of anilines is 1. The molecule has 4 nitrogen and oxygen atoms in total. The Kier molecular flexibility index (Phi) is 6.06. The number of halogens is 2. The molecule has 1 heterocycles. The summed E-state index contributed by atoms with van der Waals surface area (Å²) in [4.78, 5) is 27.9. The highest BCUT2D eigenvalue weighted by atomic mass is 35.5. The first kappa shape index (κ1) is 20.4. The molecular formula is C23H18ClFN2O2S. The highest BCUT2D eigenvalue weighted by Gasteiger charge is 2.26. The molecule has 0 radical (unpaired) electrons. The van der Waals surface area contributed by atoms with Crippen molar-refractivity contribution in [1.82, 2.24) is 5.32 Å². The lowest BCUT2D eigenvalue weighted by Gasteiger charge is -2.29. The van der Waals surface area contributed by atoms with E-state index in [9.17, 15) is 14.0 Å². The first-order chi connectivity index (χ1) is 14.5. The largest absolute Gasteiger partial charge is 0.348 e. The molecule has 0 saturated heterocycles. The maximum atomic E-state index is 13.0. The van der Waals surface area contributed by atoms with Crippen molar-refractivity contribution in [3.8, 4) is 0 Å². The first-order valence-electron chi connectivity index (χ1n) is 9.34. The smallest absolute Gasteiger partial charge is 0.251 e. The number of thioether (sulfide) groups is 1. The Morgan fingerprint density at radius 1 is 1.07 bits per heavy atom. The number of hydrogen-bond acceptors (Lipinski definition) is 3. The number of carbonyl (C=O) groups excluding carboxylic acids is 2. The van der Waals surface area contributed by atoms with Gasteiger partial charge in [0.25, 0.3) is 5.91 Å². The van der Waals surface area contributed by atoms with Crippen molar-refractivity contribution in [3.63, 3.8) is 0 Å². The molecule has 0 aliphatic carbocycles. The minimum Gasteiger partial charge on any atom is -0.348 e. The minimum atomic E-state index is -0.318. The molecular weight excluding hydrogens is 423 g/mol. The van der Waals surface area contributed by atoms with E-state index in [-0.39, 0.29) is 24.2 Å². The van der Waals surface area contributed by atoms with E-state index >= 15 is 0 Å². The molecule has 0 aromatic heterocycles. The van der Waals surface area contributed by atoms with Crippen LogP contribution in [0.25, 0.3) is 0 Å². The Morgan fingerprint density at radius 3 is 2.63 bits per heavy atom. The Hall–Kier alpha value is -2.83. The third-order valence-electron chi connectivity index (χ3n) is 4.76. The highest BCUT2D eigenvalue weighted by molar-refractivity contribution is 8.00. The summed E-state index contributed by atoms with van der Waals surface area (Å²) in [5.41, 5.74) is 2.89. The van der Waals surface area contributed by atoms with Crippen molar-refractivity contribution in [2.75, 3.05) is 10.7 Å². The van der Waals surface area contributed by atoms with Gasteiger partial charge < -0.3 is 10.2 Å². The van der Waals surface area contributed by atoms with Crippen LogP contribution in [0.15, 0.2) is 71.6 Å². The molecule has 7 heteroatoms. The normalized spacial score (nSPS) is 13.1. The fourth-order valence-corrected chi connectivity index (χ4v) is 4.35. The zero-order chi connectivity index (χ0) is 21.1. The average Bonchev–Trinajstić information content (AvgIpc) is 2.75. The Labute approximate surface area is 183 Å². The van der Waals surface area contributed by atoms with Gasteiger partial charge in [0.05, 0.1) is 18.0 Å². The van der Waals surface area contributed by atoms with Gasteiger partial charge in [0.2, 0.25) is 5.91 Å². The zero-order valence-electron chi connectivity index (χ0n) is 15.9. The molecule has 0 atom stereocenters. The van der Waals surface area contributed by atoms with Gasteiger partial charge >= 0.3 is 0 Å². The summed E-state index contributed by atoms with van der Waals surface area (Å²) in [5.74, 6) is -0.241. The van der Waals surface area contributed by atoms with E-state index in [2.05, 4.69) is 5.32 Å². The zero-order valence-corrected chi connectivity index (χ0v) is 17.5. The highest BCUT2D eigenvalue weighted by Crippen LogP contribution is 2.37. The van der Waals surface area contributed by atoms with Gasteiger partial charge in [0.1, 0.15) is 5.82 Å². The molecule has 152 valence electrons. The van der Waals surface area contributed by atoms with Crippen LogP contribution in [0.3, 0.4) is 0 Å². The SMILES string of the molecule is O=C(NCc1ccc(F)cc1)c1ccc2c(c1)N(Cc1cccc(Cl)c1)C(=O)CS2. The Morgan fingerprint density at radius 2 is 1.87 bits per heavy atom. The lowest BCUT2D eigenvalue weighted by atomic mass is 10.1. The topological polar surface area (TPSA) is 49.4 Å². The number of hydrogen-bond donors (Lipinski definition) is 1. The molecule has 1 aliphatic rings. The lowest BCUT2D eigenvalue weighted by Crippen LogP contribution is -2.35. The number of carbonyl (C=O) groups is 2. The maximum absolute atomic E-state index is 13.0. The number of amides is 2. The molecule has 3 aromatic carbocycles. The molecule has 0 saturated carbocycles. The van der Waals surface area contributed by atoms with Gasteiger partial charge in [-0.15, -0.1) is 11.8 Å². The van der Waals surface area contributed by atoms with Gasteiger partial charge in [0, 0.05) is 22.0 Å². The molecule has 30 heavy (non-hydrogen) atoms. The second kappa shape index (κ2) is 8.90. The van der Waals surface area contributed by atoms with Crippen LogP contribution in [0.5, 0.6) is 0 Å². The molecule has 1 aliphatic heterocycles. The number of rotatable bonds is 5. The summed E-state index contributed by atoms with van der Waals surface area (Å²) < 4.78 is 13.0. The van der Waals surface area contributed by atoms with Gasteiger partial charge in [-0.1, -0.05) is 35.9 Å². The average molecular weight is 441 g/mol. The number of fused-ring (bicyclic) bond motifs is 1. The van der Waals surface area contributed by atoms with Crippen LogP contribution in [0, 0.1) is 5.82 Å². The number of nitrogens with one attached hydrogen (secondary N) is 1. The Balaban J connectivity index is 1.54. The molecule has 0 fully saturated rings. The van der Waals surface area contributed by atoms with E-state index in [0.717, 1.165) is 16.0 Å². The van der Waals surface area contributed by atoms with Crippen molar-refractivity contribution >= 4 is 40.9 Å². The van der Waals surface area contributed by atoms with E-state index in [4.69, 9.17) is 11.6 Å². The number of benzene rings is 3. The van der Waals surface area contributed by atoms with Crippen molar-refractivity contribution in [2.45, 2.75) is 18.0 Å². The van der Waals surface area contributed by atoms with Gasteiger partial charge in [-0.2, -0.15) is 0 Å². The summed E-state index contributed by atoms with van der Waals surface area (Å²) in [6, 6.07) is 18.7. The van der Waals surface area contributed by atoms with Crippen LogP contribution >= 0.6 is 23.4 Å². The van der Waals surface area contributed by atoms with Crippen molar-refractivity contribution < 1.29 is 14.0 Å². The van der Waals surface area contributed by atoms with Crippen molar-refractivity contribution in [3.05, 3.63) is 94.3 Å². The van der Waals surface area contributed by atoms with Crippen LogP contribution in [0.1, 0.15) is 21.5 Å². The fourth-order valence-electron chi connectivity index (χ4n) is 3.22. The standard InChI is InChI=1S/C23H18ClFN2O2S/c24-18-3-1-2-16(10-18)13-27-20-11-17(6-9-21(20)30-14-22(27)28)23(29)26-12-15-4-7-19(25)8-5-15/h1-11H,12-14H2,(H,26,29). The summed E-state index contributed by atoms with van der Waals surface area (Å²) in [6.45, 7) is 0.670. The van der Waals surface area contributed by atoms with Gasteiger partial charge in [-0.25, -0.2) is 4.39 Å². The van der Waals surface area contributed by atoms with Crippen LogP contribution in [0.2, 0.25) is 5.02 Å². The molecule has 0 unspecified atom stereocenters. The minimum absolute atomic E-state index is 0.0173. The van der Waals surface area contributed by atoms with Crippen LogP contribution in [0.4, 0.5) is 10.1 Å². The lowest BCUT2D eigenvalue weighted by molar-refractivity contribution is -0.116. The third kappa shape index (κ3) is 4.66. The second-order valence-corrected chi connectivity index (χ2v) is 8.34. The van der Waals surface area contributed by atoms with Crippen LogP contribution in [-0.2, 0) is 17.9 Å².